The van der Waals surface area contributed by atoms with E-state index >= 15 is 0 Å². The van der Waals surface area contributed by atoms with Gasteiger partial charge in [0, 0.05) is 56.2 Å². The number of nitrogens with zero attached hydrogens (tertiary/aromatic N) is 2. The van der Waals surface area contributed by atoms with Gasteiger partial charge in [-0.2, -0.15) is 4.31 Å². The zero-order valence-electron chi connectivity index (χ0n) is 21.8. The molecule has 4 rings (SSSR count). The van der Waals surface area contributed by atoms with Crippen molar-refractivity contribution >= 4 is 38.9 Å². The lowest BCUT2D eigenvalue weighted by molar-refractivity contribution is 0.267. The van der Waals surface area contributed by atoms with E-state index in [-0.39, 0.29) is 12.4 Å². The van der Waals surface area contributed by atoms with Crippen molar-refractivity contribution in [2.75, 3.05) is 64.8 Å². The molecule has 2 fully saturated rings. The van der Waals surface area contributed by atoms with Crippen molar-refractivity contribution in [3.63, 3.8) is 0 Å². The zero-order chi connectivity index (χ0) is 24.7. The molecular weight excluding hydrogens is 494 g/mol. The van der Waals surface area contributed by atoms with E-state index in [2.05, 4.69) is 16.0 Å². The van der Waals surface area contributed by atoms with Crippen molar-refractivity contribution in [1.29, 1.82) is 0 Å². The van der Waals surface area contributed by atoms with Crippen LogP contribution in [0.3, 0.4) is 0 Å². The van der Waals surface area contributed by atoms with Crippen LogP contribution in [0.25, 0.3) is 10.8 Å². The molecule has 0 spiro atoms. The van der Waals surface area contributed by atoms with Gasteiger partial charge in [-0.25, -0.2) is 8.42 Å². The van der Waals surface area contributed by atoms with Crippen molar-refractivity contribution in [2.24, 2.45) is 5.92 Å². The van der Waals surface area contributed by atoms with Crippen molar-refractivity contribution in [2.45, 2.75) is 49.5 Å². The first-order valence-electron chi connectivity index (χ1n) is 13.3. The third-order valence-electron chi connectivity index (χ3n) is 7.48. The molecule has 0 aromatic heterocycles. The molecule has 9 heteroatoms. The van der Waals surface area contributed by atoms with Gasteiger partial charge in [-0.1, -0.05) is 24.3 Å². The number of anilines is 1. The van der Waals surface area contributed by atoms with Gasteiger partial charge in [0.1, 0.15) is 0 Å². The lowest BCUT2D eigenvalue weighted by Gasteiger charge is -2.31. The maximum absolute atomic E-state index is 13.5. The van der Waals surface area contributed by atoms with Crippen LogP contribution in [-0.2, 0) is 10.0 Å². The summed E-state index contributed by atoms with van der Waals surface area (Å²) in [6.45, 7) is 6.54. The molecule has 2 aromatic carbocycles. The Morgan fingerprint density at radius 3 is 2.28 bits per heavy atom. The number of nitrogens with one attached hydrogen (secondary N) is 3. The van der Waals surface area contributed by atoms with Crippen LogP contribution in [0.5, 0.6) is 0 Å². The maximum Gasteiger partial charge on any atom is 0.243 e. The second-order valence-electron chi connectivity index (χ2n) is 10.3. The number of rotatable bonds is 12. The summed E-state index contributed by atoms with van der Waals surface area (Å²) in [5.74, 6) is 0.542. The van der Waals surface area contributed by atoms with Crippen LogP contribution in [0.4, 0.5) is 5.69 Å². The molecule has 2 aliphatic rings. The zero-order valence-corrected chi connectivity index (χ0v) is 23.5. The molecule has 0 radical (unpaired) electrons. The van der Waals surface area contributed by atoms with Gasteiger partial charge in [-0.15, -0.1) is 12.4 Å². The summed E-state index contributed by atoms with van der Waals surface area (Å²) in [6.07, 6.45) is 6.80. The minimum absolute atomic E-state index is 0. The Labute approximate surface area is 223 Å². The number of sulfonamides is 1. The van der Waals surface area contributed by atoms with Crippen molar-refractivity contribution in [3.8, 4) is 0 Å². The highest BCUT2D eigenvalue weighted by Crippen LogP contribution is 2.32. The molecular formula is C27H44ClN5O2S. The van der Waals surface area contributed by atoms with E-state index in [0.29, 0.717) is 29.9 Å². The molecule has 7 nitrogen and oxygen atoms in total. The average Bonchev–Trinajstić information content (AvgIpc) is 3.38. The Bertz CT molecular complexity index is 1050. The van der Waals surface area contributed by atoms with E-state index in [1.807, 2.05) is 49.3 Å². The topological polar surface area (TPSA) is 76.7 Å². The molecule has 2 heterocycles. The fourth-order valence-electron chi connectivity index (χ4n) is 5.39. The minimum Gasteiger partial charge on any atom is -0.377 e. The molecule has 36 heavy (non-hydrogen) atoms. The molecule has 2 saturated heterocycles. The Balaban J connectivity index is 0.00000361. The van der Waals surface area contributed by atoms with E-state index in [1.165, 1.54) is 32.2 Å². The number of benzene rings is 2. The largest absolute Gasteiger partial charge is 0.377 e. The summed E-state index contributed by atoms with van der Waals surface area (Å²) < 4.78 is 28.8. The third-order valence-corrected chi connectivity index (χ3v) is 9.43. The van der Waals surface area contributed by atoms with Gasteiger partial charge in [-0.05, 0) is 82.8 Å². The van der Waals surface area contributed by atoms with Crippen LogP contribution in [-0.4, -0.2) is 78.7 Å². The average molecular weight is 538 g/mol. The quantitative estimate of drug-likeness (QED) is 0.360. The highest BCUT2D eigenvalue weighted by atomic mass is 35.5. The van der Waals surface area contributed by atoms with Gasteiger partial charge in [0.15, 0.2) is 0 Å². The minimum atomic E-state index is -3.52. The number of fused-ring (bicyclic) bond motifs is 1. The van der Waals surface area contributed by atoms with E-state index in [1.54, 1.807) is 10.4 Å². The standard InChI is InChI=1S/C27H43N5O2S.ClH/c1-31(2)26-11-5-10-25-24(26)9-6-12-27(25)35(33,34)32-18-13-22(14-19-32)20-28-15-3-4-16-29-21-23-8-7-17-30-23;/h5-6,9-12,22-23,28-30H,3-4,7-8,13-21H2,1-2H3;1H/t23-;/m0./s1. The first-order valence-corrected chi connectivity index (χ1v) is 14.7. The molecule has 1 atom stereocenters. The van der Waals surface area contributed by atoms with Gasteiger partial charge >= 0.3 is 0 Å². The SMILES string of the molecule is CN(C)c1cccc2c(S(=O)(=O)N3CCC(CNCCCCNC[C@@H]4CCCN4)CC3)cccc12.Cl. The lowest BCUT2D eigenvalue weighted by atomic mass is 9.98. The summed E-state index contributed by atoms with van der Waals surface area (Å²) in [6, 6.07) is 12.2. The maximum atomic E-state index is 13.5. The third kappa shape index (κ3) is 7.33. The highest BCUT2D eigenvalue weighted by molar-refractivity contribution is 7.89. The summed E-state index contributed by atoms with van der Waals surface area (Å²) in [5.41, 5.74) is 1.03. The highest BCUT2D eigenvalue weighted by Gasteiger charge is 2.30. The number of unbranched alkanes of at least 4 members (excludes halogenated alkanes) is 1. The van der Waals surface area contributed by atoms with Crippen LogP contribution >= 0.6 is 12.4 Å². The monoisotopic (exact) mass is 537 g/mol. The van der Waals surface area contributed by atoms with Crippen molar-refractivity contribution in [3.05, 3.63) is 36.4 Å². The van der Waals surface area contributed by atoms with Gasteiger partial charge < -0.3 is 20.9 Å². The fourth-order valence-corrected chi connectivity index (χ4v) is 7.06. The second-order valence-corrected chi connectivity index (χ2v) is 12.2. The van der Waals surface area contributed by atoms with E-state index in [4.69, 9.17) is 0 Å². The predicted molar refractivity (Wildman–Crippen MR) is 153 cm³/mol. The molecule has 0 amide bonds. The van der Waals surface area contributed by atoms with E-state index in [9.17, 15) is 8.42 Å². The van der Waals surface area contributed by atoms with Crippen molar-refractivity contribution in [1.82, 2.24) is 20.3 Å². The van der Waals surface area contributed by atoms with E-state index < -0.39 is 10.0 Å². The van der Waals surface area contributed by atoms with Gasteiger partial charge in [-0.3, -0.25) is 0 Å². The van der Waals surface area contributed by atoms with Crippen LogP contribution in [0.2, 0.25) is 0 Å². The predicted octanol–water partition coefficient (Wildman–Crippen LogP) is 3.44. The Morgan fingerprint density at radius 2 is 1.61 bits per heavy atom. The number of piperidine rings is 1. The Morgan fingerprint density at radius 1 is 0.944 bits per heavy atom. The number of hydrogen-bond donors (Lipinski definition) is 3. The smallest absolute Gasteiger partial charge is 0.243 e. The van der Waals surface area contributed by atoms with Crippen LogP contribution in [0, 0.1) is 5.92 Å². The molecule has 0 aliphatic carbocycles. The summed E-state index contributed by atoms with van der Waals surface area (Å²) >= 11 is 0. The summed E-state index contributed by atoms with van der Waals surface area (Å²) in [4.78, 5) is 2.45. The number of hydrogen-bond acceptors (Lipinski definition) is 6. The van der Waals surface area contributed by atoms with Gasteiger partial charge in [0.2, 0.25) is 10.0 Å². The molecule has 0 saturated carbocycles. The van der Waals surface area contributed by atoms with Crippen LogP contribution in [0.1, 0.15) is 38.5 Å². The molecule has 0 bridgehead atoms. The first-order chi connectivity index (χ1) is 17.0. The van der Waals surface area contributed by atoms with Gasteiger partial charge in [0.25, 0.3) is 0 Å². The molecule has 0 unspecified atom stereocenters. The normalized spacial score (nSPS) is 19.4. The second kappa shape index (κ2) is 13.9. The Kier molecular flexibility index (Phi) is 11.3. The van der Waals surface area contributed by atoms with E-state index in [0.717, 1.165) is 55.5 Å². The Hall–Kier alpha value is -1.42. The molecule has 3 N–H and O–H groups in total. The fraction of sp³-hybridized carbons (Fsp3) is 0.630. The van der Waals surface area contributed by atoms with Gasteiger partial charge in [0.05, 0.1) is 4.90 Å². The first kappa shape index (κ1) is 29.1. The van der Waals surface area contributed by atoms with Crippen LogP contribution in [0.15, 0.2) is 41.3 Å². The summed E-state index contributed by atoms with van der Waals surface area (Å²) in [5, 5.41) is 12.5. The lowest BCUT2D eigenvalue weighted by Crippen LogP contribution is -2.41. The van der Waals surface area contributed by atoms with Crippen LogP contribution < -0.4 is 20.9 Å². The molecule has 2 aromatic rings. The van der Waals surface area contributed by atoms with Crippen molar-refractivity contribution < 1.29 is 8.42 Å². The molecule has 2 aliphatic heterocycles. The molecule has 202 valence electrons. The summed E-state index contributed by atoms with van der Waals surface area (Å²) in [7, 11) is 0.458. The number of halogens is 1.